The van der Waals surface area contributed by atoms with Crippen LogP contribution >= 0.6 is 0 Å². The molecule has 1 heterocycles. The Hall–Kier alpha value is -3.41. The molecule has 4 aromatic rings. The summed E-state index contributed by atoms with van der Waals surface area (Å²) in [6.45, 7) is 3.06. The first kappa shape index (κ1) is 21.4. The number of aromatic amines is 1. The molecule has 0 aliphatic heterocycles. The maximum atomic E-state index is 12.0. The smallest absolute Gasteiger partial charge is 0.248 e. The van der Waals surface area contributed by atoms with Crippen molar-refractivity contribution in [3.8, 4) is 5.75 Å². The number of H-pyrrole nitrogens is 1. The van der Waals surface area contributed by atoms with Gasteiger partial charge in [0, 0.05) is 24.0 Å². The van der Waals surface area contributed by atoms with Crippen molar-refractivity contribution < 1.29 is 9.84 Å². The van der Waals surface area contributed by atoms with Crippen LogP contribution in [0.25, 0.3) is 10.9 Å². The Morgan fingerprint density at radius 3 is 2.64 bits per heavy atom. The number of ether oxygens (including phenoxy) is 1. The lowest BCUT2D eigenvalue weighted by Crippen LogP contribution is -2.35. The fourth-order valence-corrected chi connectivity index (χ4v) is 4.81. The third kappa shape index (κ3) is 4.42. The van der Waals surface area contributed by atoms with Gasteiger partial charge < -0.3 is 20.1 Å². The van der Waals surface area contributed by atoms with Gasteiger partial charge in [-0.2, -0.15) is 0 Å². The molecular formula is C28H28N2O3. The number of pyridine rings is 1. The lowest BCUT2D eigenvalue weighted by molar-refractivity contribution is 0.170. The second-order valence-corrected chi connectivity index (χ2v) is 8.76. The molecule has 5 heteroatoms. The summed E-state index contributed by atoms with van der Waals surface area (Å²) >= 11 is 0. The molecule has 0 fully saturated rings. The minimum absolute atomic E-state index is 0.200. The zero-order chi connectivity index (χ0) is 22.8. The van der Waals surface area contributed by atoms with Gasteiger partial charge in [0.15, 0.2) is 0 Å². The standard InChI is InChI=1S/C28H28N2O3/c1-18-21-10-6-5-9-20(21)15-24(18)29-16-25(31)22-11-13-26(28-23(22)12-14-27(32)30-28)33-17-19-7-3-2-4-8-19/h2-14,18,24-25,29,31H,15-17H2,1H3,(H,30,32)/t18-,24+,25?/m0/s1. The van der Waals surface area contributed by atoms with E-state index in [9.17, 15) is 9.90 Å². The quantitative estimate of drug-likeness (QED) is 0.397. The molecule has 33 heavy (non-hydrogen) atoms. The number of rotatable bonds is 7. The number of aliphatic hydroxyl groups excluding tert-OH is 1. The molecule has 1 aromatic heterocycles. The lowest BCUT2D eigenvalue weighted by Gasteiger charge is -2.22. The summed E-state index contributed by atoms with van der Waals surface area (Å²) in [7, 11) is 0. The van der Waals surface area contributed by atoms with Gasteiger partial charge in [-0.3, -0.25) is 4.79 Å². The maximum Gasteiger partial charge on any atom is 0.248 e. The monoisotopic (exact) mass is 440 g/mol. The average molecular weight is 441 g/mol. The van der Waals surface area contributed by atoms with E-state index in [1.165, 1.54) is 17.2 Å². The molecule has 0 saturated heterocycles. The van der Waals surface area contributed by atoms with Gasteiger partial charge in [-0.15, -0.1) is 0 Å². The van der Waals surface area contributed by atoms with Crippen LogP contribution < -0.4 is 15.6 Å². The predicted octanol–water partition coefficient (Wildman–Crippen LogP) is 4.46. The van der Waals surface area contributed by atoms with Gasteiger partial charge in [0.25, 0.3) is 0 Å². The largest absolute Gasteiger partial charge is 0.487 e. The van der Waals surface area contributed by atoms with E-state index in [0.717, 1.165) is 22.9 Å². The van der Waals surface area contributed by atoms with Crippen molar-refractivity contribution >= 4 is 10.9 Å². The van der Waals surface area contributed by atoms with Crippen molar-refractivity contribution in [2.75, 3.05) is 6.54 Å². The predicted molar refractivity (Wildman–Crippen MR) is 131 cm³/mol. The number of benzene rings is 3. The molecule has 3 aromatic carbocycles. The summed E-state index contributed by atoms with van der Waals surface area (Å²) in [6.07, 6.45) is 0.252. The number of fused-ring (bicyclic) bond motifs is 2. The molecule has 0 radical (unpaired) electrons. The van der Waals surface area contributed by atoms with Crippen LogP contribution in [0.4, 0.5) is 0 Å². The third-order valence-corrected chi connectivity index (χ3v) is 6.65. The molecule has 3 N–H and O–H groups in total. The van der Waals surface area contributed by atoms with Crippen molar-refractivity contribution in [1.82, 2.24) is 10.3 Å². The highest BCUT2D eigenvalue weighted by Gasteiger charge is 2.29. The van der Waals surface area contributed by atoms with Crippen LogP contribution in [0, 0.1) is 0 Å². The Labute approximate surface area is 193 Å². The van der Waals surface area contributed by atoms with E-state index >= 15 is 0 Å². The molecule has 168 valence electrons. The maximum absolute atomic E-state index is 12.0. The van der Waals surface area contributed by atoms with Gasteiger partial charge in [-0.1, -0.05) is 67.6 Å². The van der Waals surface area contributed by atoms with E-state index in [2.05, 4.69) is 41.5 Å². The Bertz CT molecular complexity index is 1320. The van der Waals surface area contributed by atoms with Gasteiger partial charge in [0.2, 0.25) is 5.56 Å². The highest BCUT2D eigenvalue weighted by Crippen LogP contribution is 2.34. The van der Waals surface area contributed by atoms with E-state index in [-0.39, 0.29) is 11.6 Å². The van der Waals surface area contributed by atoms with Gasteiger partial charge in [-0.25, -0.2) is 0 Å². The summed E-state index contributed by atoms with van der Waals surface area (Å²) in [5, 5.41) is 15.4. The fourth-order valence-electron chi connectivity index (χ4n) is 4.81. The fraction of sp³-hybridized carbons (Fsp3) is 0.250. The second-order valence-electron chi connectivity index (χ2n) is 8.76. The zero-order valence-electron chi connectivity index (χ0n) is 18.6. The van der Waals surface area contributed by atoms with Gasteiger partial charge in [0.1, 0.15) is 12.4 Å². The minimum atomic E-state index is -0.711. The van der Waals surface area contributed by atoms with Crippen LogP contribution in [-0.2, 0) is 13.0 Å². The molecule has 1 aliphatic rings. The minimum Gasteiger partial charge on any atom is -0.487 e. The van der Waals surface area contributed by atoms with Crippen LogP contribution in [0.2, 0.25) is 0 Å². The van der Waals surface area contributed by atoms with Crippen molar-refractivity contribution in [2.24, 2.45) is 0 Å². The Kier molecular flexibility index (Phi) is 5.99. The van der Waals surface area contributed by atoms with Crippen molar-refractivity contribution in [3.63, 3.8) is 0 Å². The number of aliphatic hydroxyl groups is 1. The van der Waals surface area contributed by atoms with Gasteiger partial charge in [-0.05, 0) is 46.7 Å². The van der Waals surface area contributed by atoms with E-state index in [1.807, 2.05) is 42.5 Å². The summed E-state index contributed by atoms with van der Waals surface area (Å²) in [5.74, 6) is 0.991. The molecule has 5 nitrogen and oxygen atoms in total. The molecule has 1 unspecified atom stereocenters. The van der Waals surface area contributed by atoms with E-state index in [0.29, 0.717) is 30.3 Å². The molecule has 0 bridgehead atoms. The van der Waals surface area contributed by atoms with Gasteiger partial charge >= 0.3 is 0 Å². The molecule has 5 rings (SSSR count). The Balaban J connectivity index is 1.34. The summed E-state index contributed by atoms with van der Waals surface area (Å²) in [4.78, 5) is 14.9. The van der Waals surface area contributed by atoms with Crippen LogP contribution in [-0.4, -0.2) is 22.7 Å². The molecule has 0 amide bonds. The molecule has 1 aliphatic carbocycles. The van der Waals surface area contributed by atoms with E-state index < -0.39 is 6.10 Å². The first-order chi connectivity index (χ1) is 16.1. The lowest BCUT2D eigenvalue weighted by atomic mass is 9.99. The first-order valence-electron chi connectivity index (χ1n) is 11.4. The summed E-state index contributed by atoms with van der Waals surface area (Å²) in [5.41, 5.74) is 4.98. The van der Waals surface area contributed by atoms with Crippen LogP contribution in [0.3, 0.4) is 0 Å². The Morgan fingerprint density at radius 1 is 1.03 bits per heavy atom. The topological polar surface area (TPSA) is 74.3 Å². The van der Waals surface area contributed by atoms with E-state index in [4.69, 9.17) is 4.74 Å². The van der Waals surface area contributed by atoms with Crippen molar-refractivity contribution in [1.29, 1.82) is 0 Å². The average Bonchev–Trinajstić information content (AvgIpc) is 3.17. The highest BCUT2D eigenvalue weighted by molar-refractivity contribution is 5.87. The van der Waals surface area contributed by atoms with Crippen LogP contribution in [0.1, 0.15) is 41.2 Å². The van der Waals surface area contributed by atoms with Crippen molar-refractivity contribution in [2.45, 2.75) is 38.0 Å². The second kappa shape index (κ2) is 9.22. The Morgan fingerprint density at radius 2 is 1.82 bits per heavy atom. The number of aromatic nitrogens is 1. The molecule has 3 atom stereocenters. The summed E-state index contributed by atoms with van der Waals surface area (Å²) in [6, 6.07) is 25.7. The van der Waals surface area contributed by atoms with Crippen molar-refractivity contribution in [3.05, 3.63) is 111 Å². The highest BCUT2D eigenvalue weighted by atomic mass is 16.5. The molecular weight excluding hydrogens is 412 g/mol. The van der Waals surface area contributed by atoms with Gasteiger partial charge in [0.05, 0.1) is 11.6 Å². The summed E-state index contributed by atoms with van der Waals surface area (Å²) < 4.78 is 6.02. The zero-order valence-corrected chi connectivity index (χ0v) is 18.6. The normalized spacial score (nSPS) is 18.2. The number of nitrogens with one attached hydrogen (secondary N) is 2. The third-order valence-electron chi connectivity index (χ3n) is 6.65. The molecule has 0 saturated carbocycles. The van der Waals surface area contributed by atoms with Crippen LogP contribution in [0.5, 0.6) is 5.75 Å². The number of hydrogen-bond acceptors (Lipinski definition) is 4. The first-order valence-corrected chi connectivity index (χ1v) is 11.4. The van der Waals surface area contributed by atoms with Crippen LogP contribution in [0.15, 0.2) is 83.7 Å². The number of hydrogen-bond donors (Lipinski definition) is 3. The molecule has 0 spiro atoms. The van der Waals surface area contributed by atoms with E-state index in [1.54, 1.807) is 6.07 Å². The SMILES string of the molecule is C[C@H]1c2ccccc2C[C@H]1NCC(O)c1ccc(OCc2ccccc2)c2[nH]c(=O)ccc12.